The lowest BCUT2D eigenvalue weighted by molar-refractivity contribution is -0.0404. The summed E-state index contributed by atoms with van der Waals surface area (Å²) in [5.74, 6) is 3.80. The zero-order chi connectivity index (χ0) is 21.4. The van der Waals surface area contributed by atoms with Crippen LogP contribution in [-0.4, -0.2) is 35.1 Å². The first-order valence-corrected chi connectivity index (χ1v) is 12.8. The molecule has 0 radical (unpaired) electrons. The molecule has 170 valence electrons. The van der Waals surface area contributed by atoms with Crippen molar-refractivity contribution in [2.24, 2.45) is 40.7 Å². The van der Waals surface area contributed by atoms with Gasteiger partial charge in [0.05, 0.1) is 6.20 Å². The van der Waals surface area contributed by atoms with Gasteiger partial charge in [0, 0.05) is 12.2 Å². The van der Waals surface area contributed by atoms with Crippen molar-refractivity contribution in [3.63, 3.8) is 0 Å². The van der Waals surface area contributed by atoms with Crippen molar-refractivity contribution in [2.45, 2.75) is 84.0 Å². The number of nitrogens with one attached hydrogen (secondary N) is 2. The molecule has 2 heterocycles. The van der Waals surface area contributed by atoms with Gasteiger partial charge in [0.25, 0.3) is 0 Å². The minimum absolute atomic E-state index is 0.0666. The SMILES string of the molecule is CC1=C2CC3C(CCC4Cc5[nH]ncc5CC43C)C2CC[C@@]12CNC(CC(C)CN)O2. The Balaban J connectivity index is 1.28. The molecule has 8 atom stereocenters. The molecular formula is C26H40N4O. The predicted molar refractivity (Wildman–Crippen MR) is 122 cm³/mol. The van der Waals surface area contributed by atoms with Gasteiger partial charge in [-0.15, -0.1) is 0 Å². The summed E-state index contributed by atoms with van der Waals surface area (Å²) in [5, 5.41) is 11.4. The van der Waals surface area contributed by atoms with Crippen LogP contribution in [0.3, 0.4) is 0 Å². The fourth-order valence-electron chi connectivity index (χ4n) is 8.45. The van der Waals surface area contributed by atoms with Crippen molar-refractivity contribution >= 4 is 0 Å². The molecule has 2 saturated carbocycles. The van der Waals surface area contributed by atoms with Crippen LogP contribution in [0.5, 0.6) is 0 Å². The number of allylic oxidation sites excluding steroid dienone is 1. The first-order valence-electron chi connectivity index (χ1n) is 12.8. The number of H-pyrrole nitrogens is 1. The topological polar surface area (TPSA) is 76.0 Å². The molecule has 0 aromatic carbocycles. The number of rotatable bonds is 3. The van der Waals surface area contributed by atoms with E-state index in [0.29, 0.717) is 11.3 Å². The van der Waals surface area contributed by atoms with E-state index in [1.54, 1.807) is 11.1 Å². The summed E-state index contributed by atoms with van der Waals surface area (Å²) in [5.41, 5.74) is 12.5. The van der Waals surface area contributed by atoms with Crippen LogP contribution in [0.25, 0.3) is 0 Å². The third kappa shape index (κ3) is 2.95. The molecule has 1 spiro atoms. The Labute approximate surface area is 187 Å². The second kappa shape index (κ2) is 7.16. The molecule has 6 rings (SSSR count). The average molecular weight is 425 g/mol. The van der Waals surface area contributed by atoms with Crippen LogP contribution in [0.2, 0.25) is 0 Å². The fourth-order valence-corrected chi connectivity index (χ4v) is 8.45. The molecule has 4 aliphatic carbocycles. The van der Waals surface area contributed by atoms with Gasteiger partial charge in [-0.1, -0.05) is 19.4 Å². The third-order valence-corrected chi connectivity index (χ3v) is 10.4. The Morgan fingerprint density at radius 3 is 3.00 bits per heavy atom. The second-order valence-electron chi connectivity index (χ2n) is 11.9. The lowest BCUT2D eigenvalue weighted by atomic mass is 9.52. The molecule has 5 nitrogen and oxygen atoms in total. The molecule has 31 heavy (non-hydrogen) atoms. The number of hydrogen-bond donors (Lipinski definition) is 3. The third-order valence-electron chi connectivity index (χ3n) is 10.4. The number of nitrogens with two attached hydrogens (primary N) is 1. The molecule has 1 saturated heterocycles. The van der Waals surface area contributed by atoms with Crippen molar-refractivity contribution in [3.05, 3.63) is 28.6 Å². The average Bonchev–Trinajstić information content (AvgIpc) is 3.46. The maximum absolute atomic E-state index is 6.77. The number of aromatic amines is 1. The smallest absolute Gasteiger partial charge is 0.109 e. The summed E-state index contributed by atoms with van der Waals surface area (Å²) >= 11 is 0. The number of nitrogens with zero attached hydrogens (tertiary/aromatic N) is 1. The summed E-state index contributed by atoms with van der Waals surface area (Å²) in [4.78, 5) is 0. The largest absolute Gasteiger partial charge is 0.351 e. The minimum Gasteiger partial charge on any atom is -0.351 e. The Bertz CT molecular complexity index is 892. The molecule has 3 fully saturated rings. The Kier molecular flexibility index (Phi) is 4.72. The van der Waals surface area contributed by atoms with Crippen LogP contribution < -0.4 is 11.1 Å². The number of ether oxygens (including phenoxy) is 1. The van der Waals surface area contributed by atoms with Crippen LogP contribution >= 0.6 is 0 Å². The normalized spacial score (nSPS) is 44.7. The molecule has 5 aliphatic rings. The van der Waals surface area contributed by atoms with E-state index < -0.39 is 0 Å². The van der Waals surface area contributed by atoms with E-state index >= 15 is 0 Å². The standard InChI is InChI=1S/C26H40N4O/c1-15(12-27)8-24-28-14-26(31-24)7-6-19-20-5-4-18-9-23-17(13-29-30-23)11-25(18,3)22(20)10-21(19)16(26)2/h13,15,18-20,22,24,28H,4-12,14,27H2,1-3H3,(H,29,30)/t15?,18?,19?,20?,22?,24?,25?,26-/m1/s1. The Morgan fingerprint density at radius 2 is 2.16 bits per heavy atom. The maximum atomic E-state index is 6.77. The highest BCUT2D eigenvalue weighted by atomic mass is 16.5. The van der Waals surface area contributed by atoms with Crippen molar-refractivity contribution in [3.8, 4) is 0 Å². The highest BCUT2D eigenvalue weighted by molar-refractivity contribution is 5.36. The summed E-state index contributed by atoms with van der Waals surface area (Å²) < 4.78 is 6.77. The number of fused-ring (bicyclic) bond motifs is 6. The van der Waals surface area contributed by atoms with E-state index in [9.17, 15) is 0 Å². The van der Waals surface area contributed by atoms with Gasteiger partial charge >= 0.3 is 0 Å². The first-order chi connectivity index (χ1) is 14.9. The highest BCUT2D eigenvalue weighted by Gasteiger charge is 2.58. The quantitative estimate of drug-likeness (QED) is 0.642. The van der Waals surface area contributed by atoms with Crippen molar-refractivity contribution in [2.75, 3.05) is 13.1 Å². The van der Waals surface area contributed by atoms with E-state index in [1.807, 2.05) is 0 Å². The minimum atomic E-state index is -0.0666. The molecule has 5 heteroatoms. The fraction of sp³-hybridized carbons (Fsp3) is 0.808. The van der Waals surface area contributed by atoms with E-state index in [2.05, 4.69) is 42.5 Å². The van der Waals surface area contributed by atoms with Crippen molar-refractivity contribution in [1.29, 1.82) is 0 Å². The lowest BCUT2D eigenvalue weighted by Crippen LogP contribution is -2.47. The molecule has 1 aromatic heterocycles. The number of aromatic nitrogens is 2. The monoisotopic (exact) mass is 424 g/mol. The van der Waals surface area contributed by atoms with Gasteiger partial charge in [0.2, 0.25) is 0 Å². The zero-order valence-electron chi connectivity index (χ0n) is 19.5. The summed E-state index contributed by atoms with van der Waals surface area (Å²) in [6, 6.07) is 0. The Hall–Kier alpha value is -1.17. The zero-order valence-corrected chi connectivity index (χ0v) is 19.5. The molecule has 1 aliphatic heterocycles. The van der Waals surface area contributed by atoms with Crippen LogP contribution in [0.15, 0.2) is 17.3 Å². The van der Waals surface area contributed by atoms with Crippen LogP contribution in [0, 0.1) is 35.0 Å². The maximum Gasteiger partial charge on any atom is 0.109 e. The molecule has 4 N–H and O–H groups in total. The molecule has 0 bridgehead atoms. The van der Waals surface area contributed by atoms with E-state index in [1.165, 1.54) is 56.2 Å². The number of hydrogen-bond acceptors (Lipinski definition) is 4. The Morgan fingerprint density at radius 1 is 1.29 bits per heavy atom. The van der Waals surface area contributed by atoms with E-state index in [4.69, 9.17) is 10.5 Å². The van der Waals surface area contributed by atoms with E-state index in [0.717, 1.165) is 43.2 Å². The van der Waals surface area contributed by atoms with Crippen LogP contribution in [0.1, 0.15) is 70.6 Å². The lowest BCUT2D eigenvalue weighted by Gasteiger charge is -2.52. The van der Waals surface area contributed by atoms with Crippen molar-refractivity contribution in [1.82, 2.24) is 15.5 Å². The van der Waals surface area contributed by atoms with Crippen LogP contribution in [0.4, 0.5) is 0 Å². The molecular weight excluding hydrogens is 384 g/mol. The van der Waals surface area contributed by atoms with Crippen molar-refractivity contribution < 1.29 is 4.74 Å². The van der Waals surface area contributed by atoms with Gasteiger partial charge in [-0.05, 0) is 111 Å². The summed E-state index contributed by atoms with van der Waals surface area (Å²) in [7, 11) is 0. The van der Waals surface area contributed by atoms with Gasteiger partial charge in [-0.2, -0.15) is 5.10 Å². The van der Waals surface area contributed by atoms with Gasteiger partial charge < -0.3 is 10.5 Å². The van der Waals surface area contributed by atoms with Crippen LogP contribution in [-0.2, 0) is 17.6 Å². The predicted octanol–water partition coefficient (Wildman–Crippen LogP) is 3.96. The van der Waals surface area contributed by atoms with Gasteiger partial charge in [0.15, 0.2) is 0 Å². The second-order valence-corrected chi connectivity index (χ2v) is 11.9. The summed E-state index contributed by atoms with van der Waals surface area (Å²) in [6.07, 6.45) is 12.3. The first kappa shape index (κ1) is 20.4. The molecule has 7 unspecified atom stereocenters. The van der Waals surface area contributed by atoms with Gasteiger partial charge in [-0.25, -0.2) is 0 Å². The molecule has 0 amide bonds. The van der Waals surface area contributed by atoms with Gasteiger partial charge in [0.1, 0.15) is 11.8 Å². The van der Waals surface area contributed by atoms with Gasteiger partial charge in [-0.3, -0.25) is 10.4 Å². The highest BCUT2D eigenvalue weighted by Crippen LogP contribution is 2.64. The summed E-state index contributed by atoms with van der Waals surface area (Å²) in [6.45, 7) is 8.96. The molecule has 1 aromatic rings. The van der Waals surface area contributed by atoms with E-state index in [-0.39, 0.29) is 11.8 Å².